The highest BCUT2D eigenvalue weighted by molar-refractivity contribution is 7.89. The van der Waals surface area contributed by atoms with Gasteiger partial charge in [0.15, 0.2) is 0 Å². The zero-order chi connectivity index (χ0) is 18.8. The Bertz CT molecular complexity index is 903. The summed E-state index contributed by atoms with van der Waals surface area (Å²) in [5.41, 5.74) is 3.89. The van der Waals surface area contributed by atoms with Gasteiger partial charge in [-0.2, -0.15) is 0 Å². The van der Waals surface area contributed by atoms with Crippen molar-refractivity contribution in [3.8, 4) is 0 Å². The Morgan fingerprint density at radius 3 is 2.28 bits per heavy atom. The Hall–Kier alpha value is -2.18. The number of aryl methyl sites for hydroxylation is 2. The average molecular weight is 360 g/mol. The van der Waals surface area contributed by atoms with Crippen molar-refractivity contribution < 1.29 is 13.2 Å². The summed E-state index contributed by atoms with van der Waals surface area (Å²) in [4.78, 5) is 12.7. The molecule has 0 spiro atoms. The number of benzene rings is 2. The zero-order valence-corrected chi connectivity index (χ0v) is 16.1. The molecule has 0 saturated heterocycles. The van der Waals surface area contributed by atoms with Gasteiger partial charge in [-0.3, -0.25) is 4.79 Å². The minimum atomic E-state index is -3.61. The van der Waals surface area contributed by atoms with Gasteiger partial charge in [0, 0.05) is 26.2 Å². The number of carbonyl (C=O) groups excluding carboxylic acids is 1. The molecule has 2 aromatic carbocycles. The topological polar surface area (TPSA) is 66.5 Å². The van der Waals surface area contributed by atoms with E-state index in [4.69, 9.17) is 0 Å². The minimum absolute atomic E-state index is 0.165. The number of sulfonamides is 1. The number of rotatable bonds is 5. The maximum absolute atomic E-state index is 12.5. The molecule has 0 aliphatic rings. The molecule has 0 atom stereocenters. The summed E-state index contributed by atoms with van der Waals surface area (Å²) in [6.45, 7) is 5.94. The lowest BCUT2D eigenvalue weighted by Crippen LogP contribution is -2.26. The zero-order valence-electron chi connectivity index (χ0n) is 15.3. The number of amides is 1. The molecular weight excluding hydrogens is 336 g/mol. The van der Waals surface area contributed by atoms with Crippen molar-refractivity contribution in [1.82, 2.24) is 9.62 Å². The Morgan fingerprint density at radius 2 is 1.68 bits per heavy atom. The van der Waals surface area contributed by atoms with Gasteiger partial charge in [-0.05, 0) is 55.2 Å². The van der Waals surface area contributed by atoms with Crippen LogP contribution in [0.4, 0.5) is 0 Å². The SMILES string of the molecule is Cc1ccccc1CNC(=O)c1cc(C)c(C)c(S(=O)(=O)N(C)C)c1. The van der Waals surface area contributed by atoms with Crippen LogP contribution in [0.25, 0.3) is 0 Å². The monoisotopic (exact) mass is 360 g/mol. The van der Waals surface area contributed by atoms with Crippen molar-refractivity contribution in [3.05, 3.63) is 64.2 Å². The first kappa shape index (κ1) is 19.1. The predicted octanol–water partition coefficient (Wildman–Crippen LogP) is 2.79. The van der Waals surface area contributed by atoms with Crippen molar-refractivity contribution in [1.29, 1.82) is 0 Å². The molecule has 1 amide bonds. The van der Waals surface area contributed by atoms with E-state index in [2.05, 4.69) is 5.32 Å². The van der Waals surface area contributed by atoms with Crippen LogP contribution in [0.2, 0.25) is 0 Å². The second-order valence-electron chi connectivity index (χ2n) is 6.31. The first-order valence-corrected chi connectivity index (χ1v) is 9.45. The molecule has 0 unspecified atom stereocenters. The second kappa shape index (κ2) is 7.37. The van der Waals surface area contributed by atoms with Crippen LogP contribution in [-0.4, -0.2) is 32.7 Å². The molecule has 5 nitrogen and oxygen atoms in total. The van der Waals surface area contributed by atoms with Crippen LogP contribution in [0.5, 0.6) is 0 Å². The standard InChI is InChI=1S/C19H24N2O3S/c1-13-8-6-7-9-16(13)12-20-19(22)17-10-14(2)15(3)18(11-17)25(23,24)21(4)5/h6-11H,12H2,1-5H3,(H,20,22). The van der Waals surface area contributed by atoms with Crippen molar-refractivity contribution in [3.63, 3.8) is 0 Å². The average Bonchev–Trinajstić information content (AvgIpc) is 2.55. The smallest absolute Gasteiger partial charge is 0.251 e. The Labute approximate surface area is 149 Å². The third-order valence-electron chi connectivity index (χ3n) is 4.34. The van der Waals surface area contributed by atoms with E-state index in [0.717, 1.165) is 21.0 Å². The third-order valence-corrected chi connectivity index (χ3v) is 6.28. The van der Waals surface area contributed by atoms with E-state index in [1.54, 1.807) is 13.0 Å². The van der Waals surface area contributed by atoms with Crippen LogP contribution in [0.15, 0.2) is 41.3 Å². The van der Waals surface area contributed by atoms with E-state index < -0.39 is 10.0 Å². The van der Waals surface area contributed by atoms with Crippen molar-refractivity contribution in [2.24, 2.45) is 0 Å². The van der Waals surface area contributed by atoms with Crippen LogP contribution in [0, 0.1) is 20.8 Å². The fourth-order valence-corrected chi connectivity index (χ4v) is 3.73. The molecule has 0 heterocycles. The lowest BCUT2D eigenvalue weighted by Gasteiger charge is -2.16. The van der Waals surface area contributed by atoms with E-state index in [1.165, 1.54) is 20.2 Å². The summed E-state index contributed by atoms with van der Waals surface area (Å²) in [6.07, 6.45) is 0. The number of hydrogen-bond donors (Lipinski definition) is 1. The van der Waals surface area contributed by atoms with Crippen LogP contribution in [-0.2, 0) is 16.6 Å². The van der Waals surface area contributed by atoms with E-state index in [9.17, 15) is 13.2 Å². The first-order valence-electron chi connectivity index (χ1n) is 8.01. The molecule has 0 fully saturated rings. The largest absolute Gasteiger partial charge is 0.348 e. The van der Waals surface area contributed by atoms with Gasteiger partial charge in [0.2, 0.25) is 10.0 Å². The molecular formula is C19H24N2O3S. The van der Waals surface area contributed by atoms with Gasteiger partial charge in [0.1, 0.15) is 0 Å². The van der Waals surface area contributed by atoms with E-state index >= 15 is 0 Å². The number of carbonyl (C=O) groups is 1. The van der Waals surface area contributed by atoms with Crippen molar-refractivity contribution >= 4 is 15.9 Å². The maximum Gasteiger partial charge on any atom is 0.251 e. The highest BCUT2D eigenvalue weighted by Gasteiger charge is 2.22. The van der Waals surface area contributed by atoms with Gasteiger partial charge in [-0.1, -0.05) is 24.3 Å². The lowest BCUT2D eigenvalue weighted by molar-refractivity contribution is 0.0950. The predicted molar refractivity (Wildman–Crippen MR) is 99.1 cm³/mol. The van der Waals surface area contributed by atoms with Gasteiger partial charge in [0.05, 0.1) is 4.90 Å². The summed E-state index contributed by atoms with van der Waals surface area (Å²) in [6, 6.07) is 11.0. The summed E-state index contributed by atoms with van der Waals surface area (Å²) >= 11 is 0. The maximum atomic E-state index is 12.5. The van der Waals surface area contributed by atoms with Gasteiger partial charge in [0.25, 0.3) is 5.91 Å². The molecule has 25 heavy (non-hydrogen) atoms. The van der Waals surface area contributed by atoms with Crippen LogP contribution >= 0.6 is 0 Å². The van der Waals surface area contributed by atoms with Gasteiger partial charge in [-0.25, -0.2) is 12.7 Å². The molecule has 2 aromatic rings. The fraction of sp³-hybridized carbons (Fsp3) is 0.316. The summed E-state index contributed by atoms with van der Waals surface area (Å²) in [7, 11) is -0.644. The quantitative estimate of drug-likeness (QED) is 0.892. The summed E-state index contributed by atoms with van der Waals surface area (Å²) in [5.74, 6) is -0.290. The minimum Gasteiger partial charge on any atom is -0.348 e. The van der Waals surface area contributed by atoms with Crippen molar-refractivity contribution in [2.45, 2.75) is 32.2 Å². The lowest BCUT2D eigenvalue weighted by atomic mass is 10.1. The van der Waals surface area contributed by atoms with E-state index in [0.29, 0.717) is 17.7 Å². The summed E-state index contributed by atoms with van der Waals surface area (Å²) < 4.78 is 26.2. The van der Waals surface area contributed by atoms with E-state index in [1.807, 2.05) is 38.1 Å². The molecule has 1 N–H and O–H groups in total. The second-order valence-corrected chi connectivity index (χ2v) is 8.43. The van der Waals surface area contributed by atoms with E-state index in [-0.39, 0.29) is 10.8 Å². The molecule has 0 aromatic heterocycles. The third kappa shape index (κ3) is 4.08. The first-order chi connectivity index (χ1) is 11.6. The number of nitrogens with zero attached hydrogens (tertiary/aromatic N) is 1. The number of hydrogen-bond acceptors (Lipinski definition) is 3. The molecule has 0 bridgehead atoms. The number of nitrogens with one attached hydrogen (secondary N) is 1. The van der Waals surface area contributed by atoms with Crippen molar-refractivity contribution in [2.75, 3.05) is 14.1 Å². The molecule has 0 aliphatic carbocycles. The molecule has 0 radical (unpaired) electrons. The molecule has 6 heteroatoms. The highest BCUT2D eigenvalue weighted by Crippen LogP contribution is 2.23. The molecule has 0 aliphatic heterocycles. The Morgan fingerprint density at radius 1 is 1.04 bits per heavy atom. The summed E-state index contributed by atoms with van der Waals surface area (Å²) in [5, 5.41) is 2.86. The molecule has 0 saturated carbocycles. The van der Waals surface area contributed by atoms with Gasteiger partial charge < -0.3 is 5.32 Å². The van der Waals surface area contributed by atoms with Gasteiger partial charge >= 0.3 is 0 Å². The van der Waals surface area contributed by atoms with Crippen LogP contribution in [0.3, 0.4) is 0 Å². The fourth-order valence-electron chi connectivity index (χ4n) is 2.51. The molecule has 134 valence electrons. The highest BCUT2D eigenvalue weighted by atomic mass is 32.2. The Kier molecular flexibility index (Phi) is 5.65. The Balaban J connectivity index is 2.32. The van der Waals surface area contributed by atoms with Crippen LogP contribution < -0.4 is 5.32 Å². The van der Waals surface area contributed by atoms with Gasteiger partial charge in [-0.15, -0.1) is 0 Å². The molecule has 2 rings (SSSR count). The normalized spacial score (nSPS) is 11.6. The van der Waals surface area contributed by atoms with Crippen LogP contribution in [0.1, 0.15) is 32.6 Å².